The van der Waals surface area contributed by atoms with Gasteiger partial charge in [-0.15, -0.1) is 0 Å². The highest BCUT2D eigenvalue weighted by molar-refractivity contribution is 5.74. The van der Waals surface area contributed by atoms with Crippen molar-refractivity contribution in [2.24, 2.45) is 5.92 Å². The lowest BCUT2D eigenvalue weighted by Gasteiger charge is -2.20. The zero-order valence-corrected chi connectivity index (χ0v) is 11.2. The molecule has 5 nitrogen and oxygen atoms in total. The third-order valence-electron chi connectivity index (χ3n) is 3.40. The highest BCUT2D eigenvalue weighted by atomic mass is 16.4. The Labute approximate surface area is 109 Å². The first-order valence-corrected chi connectivity index (χ1v) is 6.84. The minimum Gasteiger partial charge on any atom is -0.481 e. The van der Waals surface area contributed by atoms with Gasteiger partial charge >= 0.3 is 12.0 Å². The summed E-state index contributed by atoms with van der Waals surface area (Å²) in [5, 5.41) is 11.3. The van der Waals surface area contributed by atoms with Crippen LogP contribution in [0.15, 0.2) is 0 Å². The maximum absolute atomic E-state index is 11.9. The fraction of sp³-hybridized carbons (Fsp3) is 0.846. The molecule has 104 valence electrons. The number of amides is 2. The van der Waals surface area contributed by atoms with E-state index in [4.69, 9.17) is 5.11 Å². The lowest BCUT2D eigenvalue weighted by atomic mass is 10.0. The number of aliphatic carboxylic acids is 1. The van der Waals surface area contributed by atoms with E-state index in [1.165, 1.54) is 6.42 Å². The smallest absolute Gasteiger partial charge is 0.317 e. The predicted molar refractivity (Wildman–Crippen MR) is 69.5 cm³/mol. The minimum absolute atomic E-state index is 0.000532. The zero-order valence-electron chi connectivity index (χ0n) is 11.2. The summed E-state index contributed by atoms with van der Waals surface area (Å²) in [6.45, 7) is 4.47. The molecule has 1 fully saturated rings. The van der Waals surface area contributed by atoms with Gasteiger partial charge in [-0.25, -0.2) is 4.79 Å². The molecule has 0 saturated carbocycles. The quantitative estimate of drug-likeness (QED) is 0.740. The number of nitrogens with zero attached hydrogens (tertiary/aromatic N) is 1. The van der Waals surface area contributed by atoms with Crippen LogP contribution in [0.3, 0.4) is 0 Å². The van der Waals surface area contributed by atoms with Crippen LogP contribution >= 0.6 is 0 Å². The number of carbonyl (C=O) groups excluding carboxylic acids is 1. The van der Waals surface area contributed by atoms with Crippen LogP contribution in [0.1, 0.15) is 45.4 Å². The highest BCUT2D eigenvalue weighted by Gasteiger charge is 2.17. The summed E-state index contributed by atoms with van der Waals surface area (Å²) in [6, 6.07) is -0.000532. The Morgan fingerprint density at radius 3 is 2.78 bits per heavy atom. The Bertz CT molecular complexity index is 281. The fourth-order valence-corrected chi connectivity index (χ4v) is 2.17. The van der Waals surface area contributed by atoms with Crippen molar-refractivity contribution < 1.29 is 14.7 Å². The number of carbonyl (C=O) groups is 2. The second-order valence-electron chi connectivity index (χ2n) is 5.11. The number of unbranched alkanes of at least 4 members (excludes halogenated alkanes) is 1. The number of carboxylic acids is 1. The molecule has 0 aliphatic carbocycles. The van der Waals surface area contributed by atoms with E-state index < -0.39 is 5.97 Å². The van der Waals surface area contributed by atoms with Crippen molar-refractivity contribution >= 4 is 12.0 Å². The largest absolute Gasteiger partial charge is 0.481 e. The molecule has 0 aromatic carbocycles. The summed E-state index contributed by atoms with van der Waals surface area (Å²) in [6.07, 6.45) is 4.87. The zero-order chi connectivity index (χ0) is 13.4. The van der Waals surface area contributed by atoms with Gasteiger partial charge in [-0.1, -0.05) is 6.92 Å². The van der Waals surface area contributed by atoms with Gasteiger partial charge < -0.3 is 15.3 Å². The van der Waals surface area contributed by atoms with E-state index in [1.807, 2.05) is 4.90 Å². The molecule has 1 atom stereocenters. The van der Waals surface area contributed by atoms with Gasteiger partial charge in [0.05, 0.1) is 0 Å². The van der Waals surface area contributed by atoms with Crippen LogP contribution in [0.5, 0.6) is 0 Å². The summed E-state index contributed by atoms with van der Waals surface area (Å²) < 4.78 is 0. The molecular weight excluding hydrogens is 232 g/mol. The van der Waals surface area contributed by atoms with E-state index in [0.717, 1.165) is 32.4 Å². The third-order valence-corrected chi connectivity index (χ3v) is 3.40. The Balaban J connectivity index is 2.13. The number of hydrogen-bond acceptors (Lipinski definition) is 2. The van der Waals surface area contributed by atoms with Gasteiger partial charge in [0.1, 0.15) is 0 Å². The van der Waals surface area contributed by atoms with Crippen molar-refractivity contribution in [3.05, 3.63) is 0 Å². The molecule has 1 saturated heterocycles. The average molecular weight is 256 g/mol. The number of rotatable bonds is 5. The molecule has 0 aromatic rings. The van der Waals surface area contributed by atoms with E-state index in [0.29, 0.717) is 18.9 Å². The molecule has 1 unspecified atom stereocenters. The molecule has 2 N–H and O–H groups in total. The number of hydrogen-bond donors (Lipinski definition) is 2. The van der Waals surface area contributed by atoms with Crippen molar-refractivity contribution in [1.82, 2.24) is 10.2 Å². The molecule has 1 rings (SSSR count). The molecule has 5 heteroatoms. The van der Waals surface area contributed by atoms with Gasteiger partial charge in [-0.2, -0.15) is 0 Å². The Morgan fingerprint density at radius 1 is 1.28 bits per heavy atom. The molecule has 1 heterocycles. The molecule has 1 aliphatic heterocycles. The average Bonchev–Trinajstić information content (AvgIpc) is 2.53. The number of nitrogens with one attached hydrogen (secondary N) is 1. The lowest BCUT2D eigenvalue weighted by molar-refractivity contribution is -0.137. The Hall–Kier alpha value is -1.26. The number of carboxylic acid groups (broad SMARTS) is 1. The van der Waals surface area contributed by atoms with Crippen LogP contribution in [-0.2, 0) is 4.79 Å². The van der Waals surface area contributed by atoms with Crippen LogP contribution in [0.4, 0.5) is 4.79 Å². The molecule has 0 radical (unpaired) electrons. The van der Waals surface area contributed by atoms with Crippen LogP contribution in [-0.4, -0.2) is 41.6 Å². The van der Waals surface area contributed by atoms with Crippen molar-refractivity contribution in [3.8, 4) is 0 Å². The topological polar surface area (TPSA) is 69.6 Å². The van der Waals surface area contributed by atoms with E-state index in [2.05, 4.69) is 12.2 Å². The van der Waals surface area contributed by atoms with Crippen LogP contribution in [0.2, 0.25) is 0 Å². The van der Waals surface area contributed by atoms with Gasteiger partial charge in [-0.05, 0) is 38.0 Å². The lowest BCUT2D eigenvalue weighted by Crippen LogP contribution is -2.40. The van der Waals surface area contributed by atoms with Gasteiger partial charge in [0.25, 0.3) is 0 Å². The minimum atomic E-state index is -0.775. The van der Waals surface area contributed by atoms with Crippen molar-refractivity contribution in [3.63, 3.8) is 0 Å². The van der Waals surface area contributed by atoms with E-state index in [1.54, 1.807) is 0 Å². The van der Waals surface area contributed by atoms with Crippen LogP contribution in [0.25, 0.3) is 0 Å². The molecule has 1 aliphatic rings. The molecular formula is C13H24N2O3. The van der Waals surface area contributed by atoms with E-state index in [-0.39, 0.29) is 12.5 Å². The summed E-state index contributed by atoms with van der Waals surface area (Å²) >= 11 is 0. The maximum atomic E-state index is 11.9. The third kappa shape index (κ3) is 5.89. The molecule has 0 bridgehead atoms. The van der Waals surface area contributed by atoms with E-state index in [9.17, 15) is 9.59 Å². The highest BCUT2D eigenvalue weighted by Crippen LogP contribution is 2.16. The fourth-order valence-electron chi connectivity index (χ4n) is 2.17. The Morgan fingerprint density at radius 2 is 2.06 bits per heavy atom. The van der Waals surface area contributed by atoms with Gasteiger partial charge in [0.2, 0.25) is 0 Å². The summed E-state index contributed by atoms with van der Waals surface area (Å²) in [5.74, 6) is -0.0683. The second kappa shape index (κ2) is 7.95. The standard InChI is InChI=1S/C13H24N2O3/c1-11-5-4-9-15(10-7-11)13(18)14-8-3-2-6-12(16)17/h11H,2-10H2,1H3,(H,14,18)(H,16,17). The maximum Gasteiger partial charge on any atom is 0.317 e. The van der Waals surface area contributed by atoms with Crippen LogP contribution < -0.4 is 5.32 Å². The van der Waals surface area contributed by atoms with Crippen LogP contribution in [0, 0.1) is 5.92 Å². The summed E-state index contributed by atoms with van der Waals surface area (Å²) in [7, 11) is 0. The van der Waals surface area contributed by atoms with Crippen molar-refractivity contribution in [2.75, 3.05) is 19.6 Å². The van der Waals surface area contributed by atoms with Crippen molar-refractivity contribution in [2.45, 2.75) is 45.4 Å². The molecule has 0 aromatic heterocycles. The first-order valence-electron chi connectivity index (χ1n) is 6.84. The first kappa shape index (κ1) is 14.8. The summed E-state index contributed by atoms with van der Waals surface area (Å²) in [4.78, 5) is 24.0. The monoisotopic (exact) mass is 256 g/mol. The molecule has 2 amide bonds. The predicted octanol–water partition coefficient (Wildman–Crippen LogP) is 2.07. The van der Waals surface area contributed by atoms with Gasteiger partial charge in [-0.3, -0.25) is 4.79 Å². The molecule has 18 heavy (non-hydrogen) atoms. The SMILES string of the molecule is CC1CCCN(C(=O)NCCCCC(=O)O)CC1. The normalized spacial score (nSPS) is 20.3. The molecule has 0 spiro atoms. The Kier molecular flexibility index (Phi) is 6.54. The summed E-state index contributed by atoms with van der Waals surface area (Å²) in [5.41, 5.74) is 0. The number of likely N-dealkylation sites (tertiary alicyclic amines) is 1. The number of urea groups is 1. The van der Waals surface area contributed by atoms with Gasteiger partial charge in [0, 0.05) is 26.1 Å². The van der Waals surface area contributed by atoms with E-state index >= 15 is 0 Å². The van der Waals surface area contributed by atoms with Gasteiger partial charge in [0.15, 0.2) is 0 Å². The first-order chi connectivity index (χ1) is 8.59. The van der Waals surface area contributed by atoms with Crippen molar-refractivity contribution in [1.29, 1.82) is 0 Å². The second-order valence-corrected chi connectivity index (χ2v) is 5.11.